The number of thiophene rings is 1. The van der Waals surface area contributed by atoms with E-state index in [9.17, 15) is 0 Å². The van der Waals surface area contributed by atoms with Crippen LogP contribution in [0, 0.1) is 5.92 Å². The molecule has 1 N–H and O–H groups in total. The van der Waals surface area contributed by atoms with Gasteiger partial charge in [0.15, 0.2) is 0 Å². The molecule has 2 nitrogen and oxygen atoms in total. The molecular weight excluding hydrogens is 276 g/mol. The Kier molecular flexibility index (Phi) is 5.36. The second kappa shape index (κ2) is 7.26. The first kappa shape index (κ1) is 15.5. The van der Waals surface area contributed by atoms with Gasteiger partial charge >= 0.3 is 0 Å². The highest BCUT2D eigenvalue weighted by Crippen LogP contribution is 2.28. The third-order valence-electron chi connectivity index (χ3n) is 4.66. The fourth-order valence-corrected chi connectivity index (χ4v) is 4.41. The molecule has 2 saturated carbocycles. The van der Waals surface area contributed by atoms with E-state index in [0.29, 0.717) is 0 Å². The molecule has 1 aromatic heterocycles. The standard InChI is InChI=1S/C18H30N2S/c1-14(2)12-20(16-5-3-4-6-16)13-18-10-9-17(21-18)11-19-15-7-8-15/h9-10,14-16,19H,3-8,11-13H2,1-2H3. The summed E-state index contributed by atoms with van der Waals surface area (Å²) in [6.45, 7) is 8.18. The Morgan fingerprint density at radius 3 is 2.52 bits per heavy atom. The van der Waals surface area contributed by atoms with Crippen LogP contribution in [0.5, 0.6) is 0 Å². The average molecular weight is 307 g/mol. The van der Waals surface area contributed by atoms with E-state index < -0.39 is 0 Å². The monoisotopic (exact) mass is 306 g/mol. The Morgan fingerprint density at radius 1 is 1.14 bits per heavy atom. The highest BCUT2D eigenvalue weighted by Gasteiger charge is 2.24. The topological polar surface area (TPSA) is 15.3 Å². The third kappa shape index (κ3) is 4.80. The normalized spacial score (nSPS) is 20.0. The highest BCUT2D eigenvalue weighted by molar-refractivity contribution is 7.11. The molecule has 0 spiro atoms. The van der Waals surface area contributed by atoms with Gasteiger partial charge in [-0.2, -0.15) is 0 Å². The van der Waals surface area contributed by atoms with E-state index in [1.165, 1.54) is 49.9 Å². The molecule has 2 aliphatic rings. The van der Waals surface area contributed by atoms with Crippen molar-refractivity contribution >= 4 is 11.3 Å². The largest absolute Gasteiger partial charge is 0.309 e. The maximum Gasteiger partial charge on any atom is 0.0331 e. The minimum Gasteiger partial charge on any atom is -0.309 e. The van der Waals surface area contributed by atoms with Crippen molar-refractivity contribution in [1.82, 2.24) is 10.2 Å². The van der Waals surface area contributed by atoms with Crippen molar-refractivity contribution in [2.24, 2.45) is 5.92 Å². The van der Waals surface area contributed by atoms with Crippen LogP contribution < -0.4 is 5.32 Å². The lowest BCUT2D eigenvalue weighted by Crippen LogP contribution is -2.35. The first-order valence-corrected chi connectivity index (χ1v) is 9.57. The van der Waals surface area contributed by atoms with Gasteiger partial charge in [-0.25, -0.2) is 0 Å². The Morgan fingerprint density at radius 2 is 1.86 bits per heavy atom. The molecule has 1 aromatic rings. The van der Waals surface area contributed by atoms with Crippen molar-refractivity contribution in [2.75, 3.05) is 6.54 Å². The van der Waals surface area contributed by atoms with Crippen LogP contribution in [0.1, 0.15) is 62.1 Å². The lowest BCUT2D eigenvalue weighted by atomic mass is 10.1. The van der Waals surface area contributed by atoms with Crippen molar-refractivity contribution in [2.45, 2.75) is 77.5 Å². The van der Waals surface area contributed by atoms with Gasteiger partial charge in [0.25, 0.3) is 0 Å². The molecule has 0 saturated heterocycles. The van der Waals surface area contributed by atoms with Crippen molar-refractivity contribution in [1.29, 1.82) is 0 Å². The summed E-state index contributed by atoms with van der Waals surface area (Å²) in [6, 6.07) is 6.34. The van der Waals surface area contributed by atoms with Crippen LogP contribution >= 0.6 is 11.3 Å². The van der Waals surface area contributed by atoms with Crippen molar-refractivity contribution in [3.63, 3.8) is 0 Å². The second-order valence-electron chi connectivity index (χ2n) is 7.28. The smallest absolute Gasteiger partial charge is 0.0331 e. The molecule has 3 heteroatoms. The van der Waals surface area contributed by atoms with E-state index in [2.05, 4.69) is 36.2 Å². The van der Waals surface area contributed by atoms with Crippen molar-refractivity contribution in [3.8, 4) is 0 Å². The SMILES string of the molecule is CC(C)CN(Cc1ccc(CNC2CC2)s1)C1CCCC1. The van der Waals surface area contributed by atoms with Gasteiger partial charge in [0.2, 0.25) is 0 Å². The molecule has 1 heterocycles. The van der Waals surface area contributed by atoms with Crippen LogP contribution in [-0.4, -0.2) is 23.5 Å². The Labute approximate surface area is 133 Å². The van der Waals surface area contributed by atoms with E-state index in [1.807, 2.05) is 11.3 Å². The zero-order valence-electron chi connectivity index (χ0n) is 13.6. The van der Waals surface area contributed by atoms with Crippen LogP contribution in [0.3, 0.4) is 0 Å². The molecule has 118 valence electrons. The second-order valence-corrected chi connectivity index (χ2v) is 8.54. The predicted octanol–water partition coefficient (Wildman–Crippen LogP) is 4.40. The lowest BCUT2D eigenvalue weighted by molar-refractivity contribution is 0.170. The molecule has 21 heavy (non-hydrogen) atoms. The van der Waals surface area contributed by atoms with Gasteiger partial charge in [0.1, 0.15) is 0 Å². The molecule has 0 radical (unpaired) electrons. The quantitative estimate of drug-likeness (QED) is 0.766. The molecule has 2 fully saturated rings. The van der Waals surface area contributed by atoms with Crippen molar-refractivity contribution < 1.29 is 0 Å². The number of nitrogens with zero attached hydrogens (tertiary/aromatic N) is 1. The number of nitrogens with one attached hydrogen (secondary N) is 1. The fraction of sp³-hybridized carbons (Fsp3) is 0.778. The average Bonchev–Trinajstić information content (AvgIpc) is 2.94. The minimum atomic E-state index is 0.765. The zero-order chi connectivity index (χ0) is 14.7. The summed E-state index contributed by atoms with van der Waals surface area (Å²) in [5.41, 5.74) is 0. The Hall–Kier alpha value is -0.380. The van der Waals surface area contributed by atoms with Crippen LogP contribution in [0.4, 0.5) is 0 Å². The van der Waals surface area contributed by atoms with E-state index in [4.69, 9.17) is 0 Å². The number of hydrogen-bond donors (Lipinski definition) is 1. The van der Waals surface area contributed by atoms with E-state index in [0.717, 1.165) is 31.1 Å². The van der Waals surface area contributed by atoms with Gasteiger partial charge in [-0.3, -0.25) is 4.90 Å². The Bertz CT molecular complexity index is 430. The summed E-state index contributed by atoms with van der Waals surface area (Å²) in [5, 5.41) is 3.62. The predicted molar refractivity (Wildman–Crippen MR) is 91.7 cm³/mol. The molecule has 2 aliphatic carbocycles. The lowest BCUT2D eigenvalue weighted by Gasteiger charge is -2.30. The first-order chi connectivity index (χ1) is 10.2. The van der Waals surface area contributed by atoms with Gasteiger partial charge in [0, 0.05) is 41.5 Å². The molecule has 0 bridgehead atoms. The summed E-state index contributed by atoms with van der Waals surface area (Å²) >= 11 is 2.01. The summed E-state index contributed by atoms with van der Waals surface area (Å²) in [7, 11) is 0. The first-order valence-electron chi connectivity index (χ1n) is 8.75. The van der Waals surface area contributed by atoms with Gasteiger partial charge in [0.05, 0.1) is 0 Å². The summed E-state index contributed by atoms with van der Waals surface area (Å²) in [4.78, 5) is 5.81. The van der Waals surface area contributed by atoms with Gasteiger partial charge < -0.3 is 5.32 Å². The third-order valence-corrected chi connectivity index (χ3v) is 5.73. The summed E-state index contributed by atoms with van der Waals surface area (Å²) in [6.07, 6.45) is 8.44. The van der Waals surface area contributed by atoms with Gasteiger partial charge in [-0.1, -0.05) is 26.7 Å². The maximum atomic E-state index is 3.62. The van der Waals surface area contributed by atoms with Crippen LogP contribution in [0.25, 0.3) is 0 Å². The summed E-state index contributed by atoms with van der Waals surface area (Å²) < 4.78 is 0. The van der Waals surface area contributed by atoms with Gasteiger partial charge in [-0.05, 0) is 43.7 Å². The maximum absolute atomic E-state index is 3.62. The molecule has 0 atom stereocenters. The molecule has 0 aliphatic heterocycles. The fourth-order valence-electron chi connectivity index (χ4n) is 3.42. The zero-order valence-corrected chi connectivity index (χ0v) is 14.4. The van der Waals surface area contributed by atoms with E-state index >= 15 is 0 Å². The number of hydrogen-bond acceptors (Lipinski definition) is 3. The molecule has 0 aromatic carbocycles. The molecule has 0 amide bonds. The molecule has 3 rings (SSSR count). The molecular formula is C18H30N2S. The van der Waals surface area contributed by atoms with Crippen LogP contribution in [0.15, 0.2) is 12.1 Å². The number of rotatable bonds is 8. The Balaban J connectivity index is 1.55. The van der Waals surface area contributed by atoms with E-state index in [-0.39, 0.29) is 0 Å². The van der Waals surface area contributed by atoms with Crippen LogP contribution in [0.2, 0.25) is 0 Å². The highest BCUT2D eigenvalue weighted by atomic mass is 32.1. The van der Waals surface area contributed by atoms with E-state index in [1.54, 1.807) is 4.88 Å². The van der Waals surface area contributed by atoms with Crippen molar-refractivity contribution in [3.05, 3.63) is 21.9 Å². The van der Waals surface area contributed by atoms with Crippen LogP contribution in [-0.2, 0) is 13.1 Å². The summed E-state index contributed by atoms with van der Waals surface area (Å²) in [5.74, 6) is 0.765. The minimum absolute atomic E-state index is 0.765. The molecule has 0 unspecified atom stereocenters. The van der Waals surface area contributed by atoms with Gasteiger partial charge in [-0.15, -0.1) is 11.3 Å².